The number of oxazole rings is 1. The first kappa shape index (κ1) is 24.5. The van der Waals surface area contributed by atoms with Crippen LogP contribution in [0.1, 0.15) is 18.4 Å². The van der Waals surface area contributed by atoms with Crippen molar-refractivity contribution in [3.63, 3.8) is 0 Å². The van der Waals surface area contributed by atoms with Gasteiger partial charge in [-0.05, 0) is 50.1 Å². The van der Waals surface area contributed by atoms with Gasteiger partial charge in [0.1, 0.15) is 5.52 Å². The molecule has 0 aliphatic heterocycles. The number of aromatic nitrogens is 3. The number of benzene rings is 2. The predicted octanol–water partition coefficient (Wildman–Crippen LogP) is 3.10. The lowest BCUT2D eigenvalue weighted by atomic mass is 10.1. The van der Waals surface area contributed by atoms with Crippen molar-refractivity contribution in [2.75, 3.05) is 31.5 Å². The largest absolute Gasteiger partial charge is 0.423 e. The van der Waals surface area contributed by atoms with E-state index >= 15 is 0 Å². The van der Waals surface area contributed by atoms with Gasteiger partial charge in [0.15, 0.2) is 17.2 Å². The lowest BCUT2D eigenvalue weighted by Gasteiger charge is -2.22. The van der Waals surface area contributed by atoms with Crippen molar-refractivity contribution < 1.29 is 13.2 Å². The number of nitrogens with one attached hydrogen (secondary N) is 2. The normalized spacial score (nSPS) is 11.5. The molecule has 0 unspecified atom stereocenters. The van der Waals surface area contributed by atoms with Crippen molar-refractivity contribution in [3.05, 3.63) is 70.1 Å². The van der Waals surface area contributed by atoms with E-state index in [1.54, 1.807) is 0 Å². The molecule has 9 nitrogen and oxygen atoms in total. The van der Waals surface area contributed by atoms with Crippen molar-refractivity contribution >= 4 is 23.1 Å². The van der Waals surface area contributed by atoms with Crippen molar-refractivity contribution in [3.8, 4) is 11.1 Å². The zero-order valence-electron chi connectivity index (χ0n) is 19.1. The third-order valence-electron chi connectivity index (χ3n) is 5.48. The number of fused-ring (bicyclic) bond motifs is 1. The van der Waals surface area contributed by atoms with Gasteiger partial charge >= 0.3 is 6.01 Å². The Labute approximate surface area is 200 Å². The Morgan fingerprint density at radius 1 is 1.00 bits per heavy atom. The van der Waals surface area contributed by atoms with Gasteiger partial charge in [-0.2, -0.15) is 9.97 Å². The molecular formula is C24H27F2N7O2. The SMILES string of the molecule is NCCCN(CCCN)Cc1ccc(-c2c[nH]c(Nc3nc4cc(F)c(F)cc4o3)nc2=O)cc1. The Kier molecular flexibility index (Phi) is 7.80. The molecule has 0 bridgehead atoms. The van der Waals surface area contributed by atoms with Crippen molar-refractivity contribution in [2.45, 2.75) is 19.4 Å². The van der Waals surface area contributed by atoms with Crippen LogP contribution in [0.4, 0.5) is 20.7 Å². The molecule has 184 valence electrons. The van der Waals surface area contributed by atoms with Crippen LogP contribution in [-0.4, -0.2) is 46.0 Å². The van der Waals surface area contributed by atoms with E-state index in [4.69, 9.17) is 15.9 Å². The number of hydrogen-bond donors (Lipinski definition) is 4. The van der Waals surface area contributed by atoms with Crippen LogP contribution in [-0.2, 0) is 6.54 Å². The summed E-state index contributed by atoms with van der Waals surface area (Å²) in [5.41, 5.74) is 13.3. The summed E-state index contributed by atoms with van der Waals surface area (Å²) >= 11 is 0. The molecule has 0 saturated carbocycles. The van der Waals surface area contributed by atoms with Crippen molar-refractivity contribution in [2.24, 2.45) is 11.5 Å². The minimum absolute atomic E-state index is 0.0564. The highest BCUT2D eigenvalue weighted by Gasteiger charge is 2.13. The Bertz CT molecular complexity index is 1290. The molecule has 11 heteroatoms. The molecule has 0 radical (unpaired) electrons. The second kappa shape index (κ2) is 11.2. The maximum atomic E-state index is 13.4. The number of H-pyrrole nitrogens is 1. The molecule has 4 rings (SSSR count). The lowest BCUT2D eigenvalue weighted by molar-refractivity contribution is 0.262. The van der Waals surface area contributed by atoms with E-state index in [0.29, 0.717) is 18.7 Å². The number of halogens is 2. The average molecular weight is 484 g/mol. The Morgan fingerprint density at radius 3 is 2.34 bits per heavy atom. The molecule has 0 spiro atoms. The predicted molar refractivity (Wildman–Crippen MR) is 130 cm³/mol. The van der Waals surface area contributed by atoms with Crippen LogP contribution in [0.5, 0.6) is 0 Å². The van der Waals surface area contributed by atoms with Gasteiger partial charge in [-0.1, -0.05) is 24.3 Å². The first-order valence-corrected chi connectivity index (χ1v) is 11.3. The number of rotatable bonds is 11. The van der Waals surface area contributed by atoms with Crippen LogP contribution in [0.15, 0.2) is 51.8 Å². The zero-order valence-corrected chi connectivity index (χ0v) is 19.1. The number of aromatic amines is 1. The highest BCUT2D eigenvalue weighted by Crippen LogP contribution is 2.23. The Hall–Kier alpha value is -3.67. The molecule has 0 saturated heterocycles. The van der Waals surface area contributed by atoms with Crippen LogP contribution < -0.4 is 22.3 Å². The topological polar surface area (TPSA) is 139 Å². The molecule has 6 N–H and O–H groups in total. The van der Waals surface area contributed by atoms with Crippen molar-refractivity contribution in [1.29, 1.82) is 0 Å². The molecule has 0 atom stereocenters. The van der Waals surface area contributed by atoms with Crippen LogP contribution in [0, 0.1) is 11.6 Å². The first-order chi connectivity index (χ1) is 17.0. The summed E-state index contributed by atoms with van der Waals surface area (Å²) in [6.07, 6.45) is 3.37. The van der Waals surface area contributed by atoms with Crippen LogP contribution in [0.2, 0.25) is 0 Å². The number of nitrogens with zero attached hydrogens (tertiary/aromatic N) is 3. The van der Waals surface area contributed by atoms with Gasteiger partial charge in [0.25, 0.3) is 5.56 Å². The summed E-state index contributed by atoms with van der Waals surface area (Å²) < 4.78 is 32.1. The molecule has 2 aromatic heterocycles. The average Bonchev–Trinajstić information content (AvgIpc) is 3.22. The van der Waals surface area contributed by atoms with E-state index in [1.807, 2.05) is 24.3 Å². The lowest BCUT2D eigenvalue weighted by Crippen LogP contribution is -2.28. The second-order valence-electron chi connectivity index (χ2n) is 8.10. The Balaban J connectivity index is 1.46. The van der Waals surface area contributed by atoms with Crippen molar-refractivity contribution in [1.82, 2.24) is 19.9 Å². The molecular weight excluding hydrogens is 456 g/mol. The molecule has 2 aromatic carbocycles. The number of hydrogen-bond acceptors (Lipinski definition) is 8. The summed E-state index contributed by atoms with van der Waals surface area (Å²) in [6, 6.07) is 9.49. The molecule has 0 amide bonds. The molecule has 0 fully saturated rings. The quantitative estimate of drug-likeness (QED) is 0.255. The first-order valence-electron chi connectivity index (χ1n) is 11.3. The maximum absolute atomic E-state index is 13.4. The van der Waals surface area contributed by atoms with E-state index < -0.39 is 17.2 Å². The highest BCUT2D eigenvalue weighted by molar-refractivity contribution is 5.75. The number of nitrogens with two attached hydrogens (primary N) is 2. The molecule has 35 heavy (non-hydrogen) atoms. The summed E-state index contributed by atoms with van der Waals surface area (Å²) in [4.78, 5) is 25.9. The molecule has 4 aromatic rings. The molecule has 0 aliphatic rings. The van der Waals surface area contributed by atoms with Gasteiger partial charge < -0.3 is 20.9 Å². The number of anilines is 2. The maximum Gasteiger partial charge on any atom is 0.302 e. The smallest absolute Gasteiger partial charge is 0.302 e. The Morgan fingerprint density at radius 2 is 1.69 bits per heavy atom. The van der Waals surface area contributed by atoms with E-state index in [1.165, 1.54) is 6.20 Å². The minimum Gasteiger partial charge on any atom is -0.423 e. The fourth-order valence-corrected chi connectivity index (χ4v) is 3.69. The van der Waals surface area contributed by atoms with Gasteiger partial charge in [-0.3, -0.25) is 15.0 Å². The molecule has 2 heterocycles. The van der Waals surface area contributed by atoms with Crippen LogP contribution in [0.3, 0.4) is 0 Å². The summed E-state index contributed by atoms with van der Waals surface area (Å²) in [5.74, 6) is -1.99. The summed E-state index contributed by atoms with van der Waals surface area (Å²) in [5, 5.41) is 2.70. The third kappa shape index (κ3) is 6.07. The van der Waals surface area contributed by atoms with E-state index in [2.05, 4.69) is 25.2 Å². The fourth-order valence-electron chi connectivity index (χ4n) is 3.69. The monoisotopic (exact) mass is 483 g/mol. The van der Waals surface area contributed by atoms with Crippen LogP contribution in [0.25, 0.3) is 22.2 Å². The van der Waals surface area contributed by atoms with E-state index in [0.717, 1.165) is 55.7 Å². The summed E-state index contributed by atoms with van der Waals surface area (Å²) in [6.45, 7) is 3.86. The van der Waals surface area contributed by atoms with Gasteiger partial charge in [0.05, 0.1) is 5.56 Å². The third-order valence-corrected chi connectivity index (χ3v) is 5.48. The van der Waals surface area contributed by atoms with Gasteiger partial charge in [-0.15, -0.1) is 0 Å². The van der Waals surface area contributed by atoms with E-state index in [-0.39, 0.29) is 23.1 Å². The standard InChI is InChI=1S/C24H27F2N7O2/c25-18-11-20-21(12-19(18)26)35-24(30-20)32-23-29-13-17(22(34)31-23)16-5-3-15(4-6-16)14-33(9-1-7-27)10-2-8-28/h3-6,11-13H,1-2,7-10,14,27-28H2,(H2,29,30,31,32,34). The van der Waals surface area contributed by atoms with Crippen LogP contribution >= 0.6 is 0 Å². The minimum atomic E-state index is -1.04. The second-order valence-corrected chi connectivity index (χ2v) is 8.10. The zero-order chi connectivity index (χ0) is 24.8. The van der Waals surface area contributed by atoms with Gasteiger partial charge in [0, 0.05) is 24.9 Å². The fraction of sp³-hybridized carbons (Fsp3) is 0.292. The molecule has 0 aliphatic carbocycles. The van der Waals surface area contributed by atoms with E-state index in [9.17, 15) is 13.6 Å². The van der Waals surface area contributed by atoms with Gasteiger partial charge in [-0.25, -0.2) is 8.78 Å². The highest BCUT2D eigenvalue weighted by atomic mass is 19.2. The summed E-state index contributed by atoms with van der Waals surface area (Å²) in [7, 11) is 0. The van der Waals surface area contributed by atoms with Gasteiger partial charge in [0.2, 0.25) is 5.95 Å².